The van der Waals surface area contributed by atoms with E-state index in [0.717, 1.165) is 0 Å². The van der Waals surface area contributed by atoms with Crippen LogP contribution in [0.2, 0.25) is 0 Å². The molecule has 0 saturated carbocycles. The van der Waals surface area contributed by atoms with Gasteiger partial charge in [-0.25, -0.2) is 0 Å². The maximum absolute atomic E-state index is 2.57. The molecule has 0 aromatic heterocycles. The number of hydrogen-bond acceptors (Lipinski definition) is 2. The minimum atomic E-state index is 0. The summed E-state index contributed by atoms with van der Waals surface area (Å²) in [4.78, 5) is 5.11. The van der Waals surface area contributed by atoms with Crippen molar-refractivity contribution in [3.8, 4) is 0 Å². The Hall–Kier alpha value is -0.323. The standard InChI is InChI=1S/C13H20N2.Li.H/c1-2-8-14(7-1)12-5-6-13(11-12)15-9-3-4-10-15;;/h5,11H,1-4,6-10H2;;/q;+1;-1. The van der Waals surface area contributed by atoms with E-state index in [1.54, 1.807) is 5.70 Å². The van der Waals surface area contributed by atoms with Gasteiger partial charge >= 0.3 is 18.9 Å². The SMILES string of the molecule is C1=C(N2CCCC2)C=C(N2CCCC2)C1.[H-].[Li+]. The van der Waals surface area contributed by atoms with E-state index < -0.39 is 0 Å². The smallest absolute Gasteiger partial charge is 1.00 e. The molecular formula is C13H21LiN2. The summed E-state index contributed by atoms with van der Waals surface area (Å²) in [6.45, 7) is 5.12. The van der Waals surface area contributed by atoms with Crippen LogP contribution in [-0.2, 0) is 0 Å². The van der Waals surface area contributed by atoms with Gasteiger partial charge in [0.1, 0.15) is 0 Å². The van der Waals surface area contributed by atoms with E-state index in [1.807, 2.05) is 0 Å². The average Bonchev–Trinajstić information content (AvgIpc) is 3.02. The zero-order valence-corrected chi connectivity index (χ0v) is 10.4. The van der Waals surface area contributed by atoms with Crippen LogP contribution < -0.4 is 18.9 Å². The van der Waals surface area contributed by atoms with Gasteiger partial charge in [0.25, 0.3) is 0 Å². The predicted molar refractivity (Wildman–Crippen MR) is 63.5 cm³/mol. The Morgan fingerprint density at radius 2 is 1.44 bits per heavy atom. The summed E-state index contributed by atoms with van der Waals surface area (Å²) >= 11 is 0. The van der Waals surface area contributed by atoms with Crippen LogP contribution in [0.5, 0.6) is 0 Å². The van der Waals surface area contributed by atoms with Crippen molar-refractivity contribution in [1.29, 1.82) is 0 Å². The summed E-state index contributed by atoms with van der Waals surface area (Å²) in [6, 6.07) is 0. The van der Waals surface area contributed by atoms with Gasteiger partial charge in [-0.3, -0.25) is 0 Å². The molecule has 3 heteroatoms. The second-order valence-electron chi connectivity index (χ2n) is 4.86. The van der Waals surface area contributed by atoms with E-state index in [1.165, 1.54) is 64.0 Å². The first-order valence-corrected chi connectivity index (χ1v) is 6.34. The third kappa shape index (κ3) is 2.34. The molecule has 0 N–H and O–H groups in total. The van der Waals surface area contributed by atoms with E-state index in [-0.39, 0.29) is 20.3 Å². The molecule has 0 radical (unpaired) electrons. The molecule has 0 aromatic carbocycles. The van der Waals surface area contributed by atoms with Crippen LogP contribution in [0.1, 0.15) is 33.5 Å². The molecule has 2 aliphatic heterocycles. The predicted octanol–water partition coefficient (Wildman–Crippen LogP) is -0.534. The third-order valence-electron chi connectivity index (χ3n) is 3.82. The Morgan fingerprint density at radius 1 is 0.875 bits per heavy atom. The van der Waals surface area contributed by atoms with Gasteiger partial charge < -0.3 is 11.2 Å². The van der Waals surface area contributed by atoms with Crippen LogP contribution in [0.3, 0.4) is 0 Å². The van der Waals surface area contributed by atoms with Crippen LogP contribution in [-0.4, -0.2) is 36.0 Å². The molecule has 0 atom stereocenters. The Labute approximate surface area is 112 Å². The number of nitrogens with zero attached hydrogens (tertiary/aromatic N) is 2. The topological polar surface area (TPSA) is 6.48 Å². The summed E-state index contributed by atoms with van der Waals surface area (Å²) in [5.74, 6) is 0. The first-order valence-electron chi connectivity index (χ1n) is 6.34. The summed E-state index contributed by atoms with van der Waals surface area (Å²) < 4.78 is 0. The molecule has 0 bridgehead atoms. The largest absolute Gasteiger partial charge is 1.00 e. The van der Waals surface area contributed by atoms with Crippen molar-refractivity contribution in [3.05, 3.63) is 23.5 Å². The fraction of sp³-hybridized carbons (Fsp3) is 0.692. The second kappa shape index (κ2) is 5.34. The molecule has 3 aliphatic rings. The summed E-state index contributed by atoms with van der Waals surface area (Å²) in [5, 5.41) is 0. The monoisotopic (exact) mass is 212 g/mol. The first-order chi connectivity index (χ1) is 7.43. The van der Waals surface area contributed by atoms with Crippen LogP contribution in [0.4, 0.5) is 0 Å². The van der Waals surface area contributed by atoms with Crippen molar-refractivity contribution in [2.24, 2.45) is 0 Å². The fourth-order valence-electron chi connectivity index (χ4n) is 2.92. The average molecular weight is 212 g/mol. The second-order valence-corrected chi connectivity index (χ2v) is 4.86. The number of rotatable bonds is 2. The van der Waals surface area contributed by atoms with E-state index >= 15 is 0 Å². The third-order valence-corrected chi connectivity index (χ3v) is 3.82. The van der Waals surface area contributed by atoms with Crippen LogP contribution in [0.25, 0.3) is 0 Å². The van der Waals surface area contributed by atoms with Crippen LogP contribution in [0.15, 0.2) is 23.5 Å². The molecule has 0 spiro atoms. The molecule has 3 rings (SSSR count). The number of hydrogen-bond donors (Lipinski definition) is 0. The van der Waals surface area contributed by atoms with E-state index in [9.17, 15) is 0 Å². The Bertz CT molecular complexity index is 303. The molecular weight excluding hydrogens is 191 g/mol. The maximum Gasteiger partial charge on any atom is 1.00 e. The van der Waals surface area contributed by atoms with Crippen molar-refractivity contribution < 1.29 is 20.3 Å². The zero-order valence-electron chi connectivity index (χ0n) is 11.4. The molecule has 2 saturated heterocycles. The molecule has 2 fully saturated rings. The van der Waals surface area contributed by atoms with Crippen molar-refractivity contribution in [2.75, 3.05) is 26.2 Å². The van der Waals surface area contributed by atoms with Crippen molar-refractivity contribution in [2.45, 2.75) is 32.1 Å². The van der Waals surface area contributed by atoms with E-state index in [4.69, 9.17) is 0 Å². The minimum Gasteiger partial charge on any atom is -1.00 e. The Morgan fingerprint density at radius 3 is 2.06 bits per heavy atom. The molecule has 2 nitrogen and oxygen atoms in total. The Kier molecular flexibility index (Phi) is 4.05. The van der Waals surface area contributed by atoms with E-state index in [2.05, 4.69) is 22.0 Å². The molecule has 1 aliphatic carbocycles. The van der Waals surface area contributed by atoms with Gasteiger partial charge in [-0.2, -0.15) is 0 Å². The van der Waals surface area contributed by atoms with Gasteiger partial charge in [-0.1, -0.05) is 6.08 Å². The van der Waals surface area contributed by atoms with Crippen LogP contribution >= 0.6 is 0 Å². The van der Waals surface area contributed by atoms with Crippen LogP contribution in [0, 0.1) is 0 Å². The van der Waals surface area contributed by atoms with Gasteiger partial charge in [0, 0.05) is 44.0 Å². The van der Waals surface area contributed by atoms with Crippen molar-refractivity contribution in [1.82, 2.24) is 9.80 Å². The molecule has 0 aromatic rings. The van der Waals surface area contributed by atoms with Gasteiger partial charge in [0.15, 0.2) is 0 Å². The van der Waals surface area contributed by atoms with Crippen molar-refractivity contribution >= 4 is 0 Å². The fourth-order valence-corrected chi connectivity index (χ4v) is 2.92. The zero-order chi connectivity index (χ0) is 10.1. The Balaban J connectivity index is 0.000000722. The van der Waals surface area contributed by atoms with Gasteiger partial charge in [-0.05, 0) is 31.8 Å². The molecule has 84 valence electrons. The summed E-state index contributed by atoms with van der Waals surface area (Å²) in [5.41, 5.74) is 3.06. The molecule has 2 heterocycles. The quantitative estimate of drug-likeness (QED) is 0.568. The molecule has 0 amide bonds. The normalized spacial score (nSPS) is 24.5. The van der Waals surface area contributed by atoms with Gasteiger partial charge in [0.2, 0.25) is 0 Å². The summed E-state index contributed by atoms with van der Waals surface area (Å²) in [6.07, 6.45) is 11.5. The van der Waals surface area contributed by atoms with E-state index in [0.29, 0.717) is 0 Å². The van der Waals surface area contributed by atoms with Gasteiger partial charge in [0.05, 0.1) is 0 Å². The molecule has 16 heavy (non-hydrogen) atoms. The number of likely N-dealkylation sites (tertiary alicyclic amines) is 2. The van der Waals surface area contributed by atoms with Crippen molar-refractivity contribution in [3.63, 3.8) is 0 Å². The molecule has 0 unspecified atom stereocenters. The first kappa shape index (κ1) is 12.1. The minimum absolute atomic E-state index is 0. The number of allylic oxidation sites excluding steroid dienone is 2. The van der Waals surface area contributed by atoms with Gasteiger partial charge in [-0.15, -0.1) is 0 Å². The summed E-state index contributed by atoms with van der Waals surface area (Å²) in [7, 11) is 0. The maximum atomic E-state index is 2.57.